The lowest BCUT2D eigenvalue weighted by molar-refractivity contribution is -0.143. The molecule has 0 bridgehead atoms. The summed E-state index contributed by atoms with van der Waals surface area (Å²) in [4.78, 5) is 24.0. The predicted molar refractivity (Wildman–Crippen MR) is 83.4 cm³/mol. The highest BCUT2D eigenvalue weighted by Crippen LogP contribution is 2.36. The number of hydrogen-bond acceptors (Lipinski definition) is 4. The first-order chi connectivity index (χ1) is 11.7. The maximum absolute atomic E-state index is 13.0. The van der Waals surface area contributed by atoms with Crippen molar-refractivity contribution in [3.8, 4) is 0 Å². The van der Waals surface area contributed by atoms with Crippen LogP contribution in [0.15, 0.2) is 24.3 Å². The highest BCUT2D eigenvalue weighted by Gasteiger charge is 2.44. The standard InChI is InChI=1S/C16H21F3N2O4/c1-2-3-7-15(25-14(20)24,13(23)21-8-9-22)11-5-4-6-12(10-11)16(17,18)19/h4-6,10,22H,2-3,7-9H2,1H3,(H2,20,24)(H,21,23). The van der Waals surface area contributed by atoms with Crippen LogP contribution in [0.3, 0.4) is 0 Å². The number of amides is 2. The van der Waals surface area contributed by atoms with Crippen LogP contribution in [0.5, 0.6) is 0 Å². The van der Waals surface area contributed by atoms with Crippen LogP contribution in [0.4, 0.5) is 18.0 Å². The number of nitrogens with two attached hydrogens (primary N) is 1. The number of hydrogen-bond donors (Lipinski definition) is 3. The van der Waals surface area contributed by atoms with Gasteiger partial charge < -0.3 is 20.9 Å². The fourth-order valence-corrected chi connectivity index (χ4v) is 2.40. The van der Waals surface area contributed by atoms with E-state index in [-0.39, 0.29) is 25.1 Å². The average Bonchev–Trinajstić information content (AvgIpc) is 2.55. The summed E-state index contributed by atoms with van der Waals surface area (Å²) in [6.45, 7) is 1.29. The number of aliphatic hydroxyl groups is 1. The van der Waals surface area contributed by atoms with Crippen LogP contribution >= 0.6 is 0 Å². The molecule has 0 heterocycles. The summed E-state index contributed by atoms with van der Waals surface area (Å²) in [5.41, 5.74) is 1.95. The van der Waals surface area contributed by atoms with Crippen LogP contribution in [-0.2, 0) is 21.3 Å². The van der Waals surface area contributed by atoms with Crippen molar-refractivity contribution in [2.24, 2.45) is 5.73 Å². The maximum Gasteiger partial charge on any atom is 0.416 e. The summed E-state index contributed by atoms with van der Waals surface area (Å²) in [5, 5.41) is 11.2. The lowest BCUT2D eigenvalue weighted by atomic mass is 9.86. The zero-order valence-corrected chi connectivity index (χ0v) is 13.7. The van der Waals surface area contributed by atoms with Gasteiger partial charge in [-0.15, -0.1) is 0 Å². The molecule has 1 aromatic rings. The minimum absolute atomic E-state index is 0.0506. The molecule has 140 valence electrons. The largest absolute Gasteiger partial charge is 0.428 e. The van der Waals surface area contributed by atoms with Gasteiger partial charge in [-0.1, -0.05) is 25.5 Å². The SMILES string of the molecule is CCCCC(OC(N)=O)(C(=O)NCCO)c1cccc(C(F)(F)F)c1. The number of carbonyl (C=O) groups excluding carboxylic acids is 2. The van der Waals surface area contributed by atoms with E-state index in [1.807, 2.05) is 6.92 Å². The summed E-state index contributed by atoms with van der Waals surface area (Å²) in [7, 11) is 0. The Morgan fingerprint density at radius 3 is 2.44 bits per heavy atom. The van der Waals surface area contributed by atoms with Gasteiger partial charge in [-0.25, -0.2) is 4.79 Å². The van der Waals surface area contributed by atoms with Gasteiger partial charge in [0, 0.05) is 18.5 Å². The van der Waals surface area contributed by atoms with Crippen LogP contribution in [-0.4, -0.2) is 30.3 Å². The lowest BCUT2D eigenvalue weighted by Crippen LogP contribution is -2.49. The number of ether oxygens (including phenoxy) is 1. The van der Waals surface area contributed by atoms with E-state index in [9.17, 15) is 22.8 Å². The molecule has 6 nitrogen and oxygen atoms in total. The number of unbranched alkanes of at least 4 members (excludes halogenated alkanes) is 1. The minimum atomic E-state index is -4.62. The lowest BCUT2D eigenvalue weighted by Gasteiger charge is -2.32. The molecular weight excluding hydrogens is 341 g/mol. The van der Waals surface area contributed by atoms with Gasteiger partial charge in [0.25, 0.3) is 5.91 Å². The molecule has 0 aliphatic rings. The molecule has 1 rings (SSSR count). The highest BCUT2D eigenvalue weighted by molar-refractivity contribution is 5.88. The van der Waals surface area contributed by atoms with Crippen LogP contribution in [0.1, 0.15) is 37.3 Å². The molecular formula is C16H21F3N2O4. The van der Waals surface area contributed by atoms with E-state index in [4.69, 9.17) is 15.6 Å². The van der Waals surface area contributed by atoms with Gasteiger partial charge >= 0.3 is 12.3 Å². The quantitative estimate of drug-likeness (QED) is 0.660. The van der Waals surface area contributed by atoms with Crippen molar-refractivity contribution >= 4 is 12.0 Å². The molecule has 0 spiro atoms. The molecule has 0 aliphatic heterocycles. The third kappa shape index (κ3) is 5.35. The zero-order valence-electron chi connectivity index (χ0n) is 13.7. The predicted octanol–water partition coefficient (Wildman–Crippen LogP) is 2.29. The van der Waals surface area contributed by atoms with Gasteiger partial charge in [0.1, 0.15) is 0 Å². The van der Waals surface area contributed by atoms with Crippen LogP contribution in [0, 0.1) is 0 Å². The molecule has 4 N–H and O–H groups in total. The first-order valence-electron chi connectivity index (χ1n) is 7.72. The van der Waals surface area contributed by atoms with Crippen molar-refractivity contribution < 1.29 is 32.6 Å². The number of nitrogens with one attached hydrogen (secondary N) is 1. The molecule has 0 saturated carbocycles. The Morgan fingerprint density at radius 2 is 1.92 bits per heavy atom. The van der Waals surface area contributed by atoms with Crippen LogP contribution in [0.25, 0.3) is 0 Å². The summed E-state index contributed by atoms with van der Waals surface area (Å²) >= 11 is 0. The number of halogens is 3. The van der Waals surface area contributed by atoms with Crippen molar-refractivity contribution in [3.63, 3.8) is 0 Å². The second-order valence-corrected chi connectivity index (χ2v) is 5.41. The van der Waals surface area contributed by atoms with Gasteiger partial charge in [0.05, 0.1) is 12.2 Å². The Hall–Kier alpha value is -2.29. The van der Waals surface area contributed by atoms with Crippen LogP contribution in [0.2, 0.25) is 0 Å². The summed E-state index contributed by atoms with van der Waals surface area (Å²) < 4.78 is 44.1. The molecule has 0 fully saturated rings. The topological polar surface area (TPSA) is 102 Å². The molecule has 1 aromatic carbocycles. The third-order valence-corrected chi connectivity index (χ3v) is 3.58. The monoisotopic (exact) mass is 362 g/mol. The molecule has 0 aromatic heterocycles. The Kier molecular flexibility index (Phi) is 7.22. The first-order valence-corrected chi connectivity index (χ1v) is 7.72. The van der Waals surface area contributed by atoms with E-state index in [1.165, 1.54) is 6.07 Å². The molecule has 0 radical (unpaired) electrons. The van der Waals surface area contributed by atoms with Crippen molar-refractivity contribution in [3.05, 3.63) is 35.4 Å². The number of alkyl halides is 3. The molecule has 25 heavy (non-hydrogen) atoms. The second kappa shape index (κ2) is 8.70. The normalized spacial score (nSPS) is 13.8. The summed E-state index contributed by atoms with van der Waals surface area (Å²) in [6.07, 6.45) is -4.95. The number of carbonyl (C=O) groups is 2. The van der Waals surface area contributed by atoms with Crippen molar-refractivity contribution in [2.75, 3.05) is 13.2 Å². The second-order valence-electron chi connectivity index (χ2n) is 5.41. The van der Waals surface area contributed by atoms with Gasteiger partial charge in [0.2, 0.25) is 5.60 Å². The molecule has 2 amide bonds. The fourth-order valence-electron chi connectivity index (χ4n) is 2.40. The fraction of sp³-hybridized carbons (Fsp3) is 0.500. The minimum Gasteiger partial charge on any atom is -0.428 e. The van der Waals surface area contributed by atoms with Gasteiger partial charge in [0.15, 0.2) is 0 Å². The van der Waals surface area contributed by atoms with E-state index >= 15 is 0 Å². The molecule has 1 atom stereocenters. The smallest absolute Gasteiger partial charge is 0.416 e. The average molecular weight is 362 g/mol. The van der Waals surface area contributed by atoms with Crippen molar-refractivity contribution in [1.29, 1.82) is 0 Å². The van der Waals surface area contributed by atoms with Gasteiger partial charge in [-0.3, -0.25) is 4.79 Å². The van der Waals surface area contributed by atoms with E-state index in [0.29, 0.717) is 12.8 Å². The third-order valence-electron chi connectivity index (χ3n) is 3.58. The summed E-state index contributed by atoms with van der Waals surface area (Å²) in [5.74, 6) is -0.840. The van der Waals surface area contributed by atoms with Crippen molar-refractivity contribution in [2.45, 2.75) is 38.0 Å². The van der Waals surface area contributed by atoms with E-state index in [1.54, 1.807) is 0 Å². The van der Waals surface area contributed by atoms with Crippen LogP contribution < -0.4 is 11.1 Å². The summed E-state index contributed by atoms with van der Waals surface area (Å²) in [6, 6.07) is 4.01. The van der Waals surface area contributed by atoms with E-state index < -0.39 is 29.3 Å². The Balaban J connectivity index is 3.45. The number of aliphatic hydroxyl groups excluding tert-OH is 1. The molecule has 0 aliphatic carbocycles. The maximum atomic E-state index is 13.0. The highest BCUT2D eigenvalue weighted by atomic mass is 19.4. The van der Waals surface area contributed by atoms with Crippen molar-refractivity contribution in [1.82, 2.24) is 5.32 Å². The van der Waals surface area contributed by atoms with Gasteiger partial charge in [-0.2, -0.15) is 13.2 Å². The number of rotatable bonds is 8. The Morgan fingerprint density at radius 1 is 1.28 bits per heavy atom. The molecule has 0 saturated heterocycles. The van der Waals surface area contributed by atoms with E-state index in [2.05, 4.69) is 5.32 Å². The number of primary amides is 1. The Labute approximate surface area is 143 Å². The first kappa shape index (κ1) is 20.8. The Bertz CT molecular complexity index is 607. The zero-order chi connectivity index (χ0) is 19.1. The van der Waals surface area contributed by atoms with Gasteiger partial charge in [-0.05, 0) is 18.6 Å². The molecule has 9 heteroatoms. The molecule has 1 unspecified atom stereocenters. The number of benzene rings is 1. The van der Waals surface area contributed by atoms with E-state index in [0.717, 1.165) is 18.2 Å².